The zero-order valence-corrected chi connectivity index (χ0v) is 17.2. The van der Waals surface area contributed by atoms with Crippen LogP contribution in [-0.2, 0) is 10.0 Å². The second-order valence-corrected chi connectivity index (χ2v) is 10.1. The first-order chi connectivity index (χ1) is 11.4. The number of halogens is 2. The zero-order valence-electron chi connectivity index (χ0n) is 13.2. The molecule has 0 radical (unpaired) electrons. The molecule has 2 bridgehead atoms. The van der Waals surface area contributed by atoms with Gasteiger partial charge in [0.2, 0.25) is 10.0 Å². The van der Waals surface area contributed by atoms with Gasteiger partial charge in [0.25, 0.3) is 0 Å². The Morgan fingerprint density at radius 2 is 1.79 bits per heavy atom. The number of sulfonamides is 1. The molecule has 0 N–H and O–H groups in total. The van der Waals surface area contributed by atoms with E-state index in [2.05, 4.69) is 37.9 Å². The highest BCUT2D eigenvalue weighted by Crippen LogP contribution is 2.56. The maximum Gasteiger partial charge on any atom is 0.245 e. The molecule has 2 heterocycles. The Hall–Kier alpha value is -0.570. The predicted octanol–water partition coefficient (Wildman–Crippen LogP) is 3.38. The first-order valence-corrected chi connectivity index (χ1v) is 11.0. The van der Waals surface area contributed by atoms with Crippen molar-refractivity contribution in [2.75, 3.05) is 14.2 Å². The highest BCUT2D eigenvalue weighted by Gasteiger charge is 2.56. The maximum absolute atomic E-state index is 13.2. The normalized spacial score (nSPS) is 35.7. The van der Waals surface area contributed by atoms with Gasteiger partial charge in [-0.15, -0.1) is 0 Å². The standard InChI is InChI=1S/C16H17Br2NO4S/c1-22-12-6-10-14(7-13(12)23-2)24(20,21)19-11-4-3-8(17)5-9(11)15(10)16(19)18/h5-8,11,15-16H,3-4H2,1-2H3/t8-,11+,15-,16+/m0/s1. The topological polar surface area (TPSA) is 55.8 Å². The van der Waals surface area contributed by atoms with Gasteiger partial charge >= 0.3 is 0 Å². The third kappa shape index (κ3) is 2.15. The van der Waals surface area contributed by atoms with Crippen molar-refractivity contribution in [3.05, 3.63) is 29.3 Å². The molecule has 0 aromatic heterocycles. The lowest BCUT2D eigenvalue weighted by Crippen LogP contribution is -2.42. The second kappa shape index (κ2) is 5.72. The van der Waals surface area contributed by atoms with Crippen molar-refractivity contribution in [1.82, 2.24) is 4.31 Å². The Labute approximate surface area is 158 Å². The number of nitrogens with zero attached hydrogens (tertiary/aromatic N) is 1. The lowest BCUT2D eigenvalue weighted by molar-refractivity contribution is 0.346. The molecule has 1 aliphatic carbocycles. The van der Waals surface area contributed by atoms with Crippen LogP contribution in [0, 0.1) is 0 Å². The van der Waals surface area contributed by atoms with Gasteiger partial charge in [-0.3, -0.25) is 0 Å². The summed E-state index contributed by atoms with van der Waals surface area (Å²) in [5, 5.41) is 0. The summed E-state index contributed by atoms with van der Waals surface area (Å²) in [5.74, 6) is 0.979. The number of alkyl halides is 2. The van der Waals surface area contributed by atoms with Crippen LogP contribution in [0.15, 0.2) is 28.7 Å². The average molecular weight is 479 g/mol. The van der Waals surface area contributed by atoms with Gasteiger partial charge in [0.05, 0.1) is 24.1 Å². The molecule has 8 heteroatoms. The van der Waals surface area contributed by atoms with E-state index in [1.54, 1.807) is 17.5 Å². The number of benzene rings is 1. The summed E-state index contributed by atoms with van der Waals surface area (Å²) in [5.41, 5.74) is 1.95. The molecule has 5 atom stereocenters. The number of fused-ring (bicyclic) bond motifs is 7. The Bertz CT molecular complexity index is 839. The summed E-state index contributed by atoms with van der Waals surface area (Å²) in [7, 11) is -0.517. The first kappa shape index (κ1) is 16.9. The Kier molecular flexibility index (Phi) is 4.02. The van der Waals surface area contributed by atoms with Crippen LogP contribution in [0.3, 0.4) is 0 Å². The molecule has 2 aliphatic heterocycles. The van der Waals surface area contributed by atoms with Crippen LogP contribution in [0.2, 0.25) is 0 Å². The molecule has 130 valence electrons. The van der Waals surface area contributed by atoms with Gasteiger partial charge < -0.3 is 9.47 Å². The SMILES string of the molecule is COc1cc2c(cc1OC)S(=O)(=O)N1[C@@H]3CC[C@H](Br)C=C3[C@@H]2[C@@H]1Br. The fourth-order valence-corrected chi connectivity index (χ4v) is 8.05. The van der Waals surface area contributed by atoms with Crippen molar-refractivity contribution in [2.45, 2.75) is 39.5 Å². The van der Waals surface area contributed by atoms with Gasteiger partial charge in [-0.2, -0.15) is 4.31 Å². The van der Waals surface area contributed by atoms with Crippen LogP contribution in [0.5, 0.6) is 11.5 Å². The molecule has 0 spiro atoms. The van der Waals surface area contributed by atoms with E-state index in [1.807, 2.05) is 6.07 Å². The maximum atomic E-state index is 13.2. The van der Waals surface area contributed by atoms with Crippen LogP contribution >= 0.6 is 31.9 Å². The van der Waals surface area contributed by atoms with Crippen LogP contribution in [-0.4, -0.2) is 42.8 Å². The summed E-state index contributed by atoms with van der Waals surface area (Å²) < 4.78 is 38.8. The van der Waals surface area contributed by atoms with Crippen LogP contribution in [0.4, 0.5) is 0 Å². The number of methoxy groups -OCH3 is 2. The summed E-state index contributed by atoms with van der Waals surface area (Å²) in [6, 6.07) is 3.32. The molecule has 5 nitrogen and oxygen atoms in total. The van der Waals surface area contributed by atoms with E-state index in [9.17, 15) is 8.42 Å². The van der Waals surface area contributed by atoms with Gasteiger partial charge in [-0.25, -0.2) is 8.42 Å². The number of hydrogen-bond acceptors (Lipinski definition) is 4. The third-order valence-corrected chi connectivity index (χ3v) is 8.97. The molecule has 1 saturated heterocycles. The van der Waals surface area contributed by atoms with Crippen LogP contribution in [0.1, 0.15) is 24.3 Å². The summed E-state index contributed by atoms with van der Waals surface area (Å²) in [6.07, 6.45) is 3.92. The molecule has 1 aromatic carbocycles. The molecule has 4 rings (SSSR count). The fraction of sp³-hybridized carbons (Fsp3) is 0.500. The molecule has 1 fully saturated rings. The van der Waals surface area contributed by atoms with Crippen LogP contribution in [0.25, 0.3) is 0 Å². The molecule has 1 aromatic rings. The Morgan fingerprint density at radius 3 is 2.46 bits per heavy atom. The molecular formula is C16H17Br2NO4S. The number of hydrogen-bond donors (Lipinski definition) is 0. The van der Waals surface area contributed by atoms with E-state index in [0.717, 1.165) is 18.4 Å². The second-order valence-electron chi connectivity index (χ2n) is 6.21. The minimum Gasteiger partial charge on any atom is -0.493 e. The first-order valence-electron chi connectivity index (χ1n) is 7.69. The highest BCUT2D eigenvalue weighted by molar-refractivity contribution is 9.09. The molecular weight excluding hydrogens is 462 g/mol. The highest BCUT2D eigenvalue weighted by atomic mass is 79.9. The fourth-order valence-electron chi connectivity index (χ4n) is 4.03. The largest absolute Gasteiger partial charge is 0.493 e. The van der Waals surface area contributed by atoms with Gasteiger partial charge in [-0.05, 0) is 30.0 Å². The predicted molar refractivity (Wildman–Crippen MR) is 97.8 cm³/mol. The molecule has 3 aliphatic rings. The number of ether oxygens (including phenoxy) is 2. The van der Waals surface area contributed by atoms with Gasteiger partial charge in [0.1, 0.15) is 0 Å². The summed E-state index contributed by atoms with van der Waals surface area (Å²) in [4.78, 5) is 0.347. The molecule has 1 unspecified atom stereocenters. The van der Waals surface area contributed by atoms with Gasteiger partial charge in [0, 0.05) is 22.9 Å². The van der Waals surface area contributed by atoms with E-state index in [-0.39, 0.29) is 21.7 Å². The Morgan fingerprint density at radius 1 is 1.12 bits per heavy atom. The quantitative estimate of drug-likeness (QED) is 0.371. The number of rotatable bonds is 2. The smallest absolute Gasteiger partial charge is 0.245 e. The van der Waals surface area contributed by atoms with Gasteiger partial charge in [-0.1, -0.05) is 37.9 Å². The zero-order chi connectivity index (χ0) is 17.2. The summed E-state index contributed by atoms with van der Waals surface area (Å²) in [6.45, 7) is 0. The van der Waals surface area contributed by atoms with Crippen molar-refractivity contribution in [3.63, 3.8) is 0 Å². The minimum atomic E-state index is -3.59. The Balaban J connectivity index is 2.00. The molecule has 24 heavy (non-hydrogen) atoms. The van der Waals surface area contributed by atoms with E-state index < -0.39 is 10.0 Å². The van der Waals surface area contributed by atoms with E-state index in [1.165, 1.54) is 12.7 Å². The monoisotopic (exact) mass is 477 g/mol. The van der Waals surface area contributed by atoms with Crippen molar-refractivity contribution in [3.8, 4) is 11.5 Å². The van der Waals surface area contributed by atoms with Crippen molar-refractivity contribution >= 4 is 41.9 Å². The average Bonchev–Trinajstić information content (AvgIpc) is 2.80. The lowest BCUT2D eigenvalue weighted by Gasteiger charge is -2.32. The molecule has 0 amide bonds. The lowest BCUT2D eigenvalue weighted by atomic mass is 9.85. The van der Waals surface area contributed by atoms with Crippen molar-refractivity contribution in [1.29, 1.82) is 0 Å². The van der Waals surface area contributed by atoms with Crippen molar-refractivity contribution in [2.24, 2.45) is 0 Å². The minimum absolute atomic E-state index is 0.00585. The van der Waals surface area contributed by atoms with E-state index in [4.69, 9.17) is 9.47 Å². The number of allylic oxidation sites excluding steroid dienone is 1. The van der Waals surface area contributed by atoms with Crippen molar-refractivity contribution < 1.29 is 17.9 Å². The van der Waals surface area contributed by atoms with Crippen LogP contribution < -0.4 is 9.47 Å². The third-order valence-electron chi connectivity index (χ3n) is 5.06. The van der Waals surface area contributed by atoms with Gasteiger partial charge in [0.15, 0.2) is 11.5 Å². The summed E-state index contributed by atoms with van der Waals surface area (Å²) >= 11 is 7.29. The van der Waals surface area contributed by atoms with E-state index in [0.29, 0.717) is 16.4 Å². The molecule has 0 saturated carbocycles. The van der Waals surface area contributed by atoms with E-state index >= 15 is 0 Å².